The molecule has 4 heterocycles. The molecule has 0 aliphatic heterocycles. The van der Waals surface area contributed by atoms with Crippen LogP contribution in [0.1, 0.15) is 0 Å². The Morgan fingerprint density at radius 2 is 0.980 bits per heavy atom. The predicted octanol–water partition coefficient (Wildman–Crippen LogP) is 11.4. The third kappa shape index (κ3) is 3.70. The van der Waals surface area contributed by atoms with Crippen molar-refractivity contribution in [1.29, 1.82) is 0 Å². The molecule has 49 heavy (non-hydrogen) atoms. The smallest absolute Gasteiger partial charge is 0.165 e. The van der Waals surface area contributed by atoms with E-state index in [4.69, 9.17) is 14.4 Å². The van der Waals surface area contributed by atoms with Crippen molar-refractivity contribution in [2.24, 2.45) is 0 Å². The van der Waals surface area contributed by atoms with Gasteiger partial charge in [0.05, 0.1) is 33.1 Å². The Morgan fingerprint density at radius 1 is 0.408 bits per heavy atom. The summed E-state index contributed by atoms with van der Waals surface area (Å²) in [5, 5.41) is 6.86. The van der Waals surface area contributed by atoms with E-state index in [1.54, 1.807) is 0 Å². The van der Waals surface area contributed by atoms with E-state index >= 15 is 0 Å². The summed E-state index contributed by atoms with van der Waals surface area (Å²) in [6.45, 7) is 0. The zero-order valence-electron chi connectivity index (χ0n) is 26.2. The molecule has 0 radical (unpaired) electrons. The van der Waals surface area contributed by atoms with Crippen LogP contribution < -0.4 is 0 Å². The van der Waals surface area contributed by atoms with Gasteiger partial charge in [0.15, 0.2) is 5.82 Å². The standard InChI is InChI=1S/C44H26N4O/c1-2-13-27(14-3-1)47-37-22-9-4-15-28(37)33-26-40-34(25-39(33)47)29-16-5-10-23-38(29)48(40)44-42(45-35-20-7-8-21-36(35)46-44)32-19-12-18-31-30-17-6-11-24-41(30)49-43(31)32/h1-26H. The minimum Gasteiger partial charge on any atom is -0.455 e. The van der Waals surface area contributed by atoms with E-state index in [0.29, 0.717) is 0 Å². The van der Waals surface area contributed by atoms with Crippen LogP contribution in [0, 0.1) is 0 Å². The largest absolute Gasteiger partial charge is 0.455 e. The summed E-state index contributed by atoms with van der Waals surface area (Å²) in [6.07, 6.45) is 0. The minimum absolute atomic E-state index is 0.768. The number of rotatable bonds is 3. The van der Waals surface area contributed by atoms with E-state index in [0.717, 1.165) is 77.5 Å². The van der Waals surface area contributed by atoms with E-state index in [2.05, 4.69) is 130 Å². The Morgan fingerprint density at radius 3 is 1.73 bits per heavy atom. The molecule has 0 atom stereocenters. The Hall–Kier alpha value is -6.72. The molecule has 0 fully saturated rings. The van der Waals surface area contributed by atoms with Gasteiger partial charge in [-0.2, -0.15) is 0 Å². The molecule has 4 aromatic heterocycles. The Kier molecular flexibility index (Phi) is 5.32. The molecule has 0 N–H and O–H groups in total. The van der Waals surface area contributed by atoms with Crippen LogP contribution in [0.25, 0.3) is 99.3 Å². The van der Waals surface area contributed by atoms with Gasteiger partial charge in [-0.3, -0.25) is 4.57 Å². The Balaban J connectivity index is 1.30. The first kappa shape index (κ1) is 26.4. The summed E-state index contributed by atoms with van der Waals surface area (Å²) in [6, 6.07) is 55.2. The van der Waals surface area contributed by atoms with Gasteiger partial charge in [0.25, 0.3) is 0 Å². The summed E-state index contributed by atoms with van der Waals surface area (Å²) in [4.78, 5) is 10.7. The van der Waals surface area contributed by atoms with Gasteiger partial charge >= 0.3 is 0 Å². The van der Waals surface area contributed by atoms with Crippen molar-refractivity contribution in [3.8, 4) is 22.8 Å². The number of fused-ring (bicyclic) bond motifs is 10. The first-order valence-electron chi connectivity index (χ1n) is 16.5. The maximum Gasteiger partial charge on any atom is 0.165 e. The zero-order chi connectivity index (χ0) is 32.1. The van der Waals surface area contributed by atoms with Gasteiger partial charge in [0, 0.05) is 43.6 Å². The molecule has 11 aromatic rings. The van der Waals surface area contributed by atoms with Gasteiger partial charge in [-0.25, -0.2) is 9.97 Å². The maximum atomic E-state index is 6.57. The Bertz CT molecular complexity index is 3110. The number of furan rings is 1. The quantitative estimate of drug-likeness (QED) is 0.196. The normalized spacial score (nSPS) is 12.1. The lowest BCUT2D eigenvalue weighted by atomic mass is 10.1. The Labute approximate surface area is 279 Å². The number of hydrogen-bond acceptors (Lipinski definition) is 3. The minimum atomic E-state index is 0.768. The second kappa shape index (κ2) is 9.89. The van der Waals surface area contributed by atoms with E-state index in [1.807, 2.05) is 36.4 Å². The molecule has 0 unspecified atom stereocenters. The van der Waals surface area contributed by atoms with Crippen LogP contribution in [0.4, 0.5) is 0 Å². The topological polar surface area (TPSA) is 48.8 Å². The average Bonchev–Trinajstić information content (AvgIpc) is 3.81. The highest BCUT2D eigenvalue weighted by atomic mass is 16.3. The van der Waals surface area contributed by atoms with Crippen molar-refractivity contribution in [2.45, 2.75) is 0 Å². The molecule has 5 nitrogen and oxygen atoms in total. The molecule has 11 rings (SSSR count). The van der Waals surface area contributed by atoms with Crippen LogP contribution in [0.2, 0.25) is 0 Å². The fraction of sp³-hybridized carbons (Fsp3) is 0. The molecule has 0 amide bonds. The summed E-state index contributed by atoms with van der Waals surface area (Å²) in [5.41, 5.74) is 10.7. The van der Waals surface area contributed by atoms with Gasteiger partial charge in [-0.15, -0.1) is 0 Å². The van der Waals surface area contributed by atoms with Crippen molar-refractivity contribution >= 4 is 76.6 Å². The van der Waals surface area contributed by atoms with Crippen molar-refractivity contribution in [3.05, 3.63) is 158 Å². The molecule has 0 aliphatic carbocycles. The van der Waals surface area contributed by atoms with Crippen LogP contribution in [-0.2, 0) is 0 Å². The van der Waals surface area contributed by atoms with E-state index < -0.39 is 0 Å². The van der Waals surface area contributed by atoms with Crippen molar-refractivity contribution in [3.63, 3.8) is 0 Å². The average molecular weight is 627 g/mol. The fourth-order valence-electron chi connectivity index (χ4n) is 7.77. The molecular formula is C44H26N4O. The number of hydrogen-bond donors (Lipinski definition) is 0. The van der Waals surface area contributed by atoms with Gasteiger partial charge < -0.3 is 8.98 Å². The van der Waals surface area contributed by atoms with Gasteiger partial charge in [-0.1, -0.05) is 97.1 Å². The summed E-state index contributed by atoms with van der Waals surface area (Å²) < 4.78 is 11.2. The molecule has 228 valence electrons. The lowest BCUT2D eigenvalue weighted by Gasteiger charge is -2.14. The van der Waals surface area contributed by atoms with Gasteiger partial charge in [0.1, 0.15) is 16.9 Å². The SMILES string of the molecule is c1ccc(-n2c3ccccc3c3cc4c(cc32)c2ccccc2n4-c2nc3ccccc3nc2-c2cccc3c2oc2ccccc23)cc1. The van der Waals surface area contributed by atoms with Gasteiger partial charge in [-0.05, 0) is 60.7 Å². The molecule has 0 bridgehead atoms. The van der Waals surface area contributed by atoms with Gasteiger partial charge in [0.2, 0.25) is 0 Å². The van der Waals surface area contributed by atoms with Crippen molar-refractivity contribution < 1.29 is 4.42 Å². The predicted molar refractivity (Wildman–Crippen MR) is 201 cm³/mol. The van der Waals surface area contributed by atoms with E-state index in [-0.39, 0.29) is 0 Å². The van der Waals surface area contributed by atoms with Crippen LogP contribution in [0.5, 0.6) is 0 Å². The van der Waals surface area contributed by atoms with Crippen molar-refractivity contribution in [2.75, 3.05) is 0 Å². The summed E-state index contributed by atoms with van der Waals surface area (Å²) in [7, 11) is 0. The van der Waals surface area contributed by atoms with E-state index in [1.165, 1.54) is 21.8 Å². The lowest BCUT2D eigenvalue weighted by molar-refractivity contribution is 0.669. The maximum absolute atomic E-state index is 6.57. The molecule has 0 saturated heterocycles. The number of nitrogens with zero attached hydrogens (tertiary/aromatic N) is 4. The third-order valence-electron chi connectivity index (χ3n) is 9.90. The third-order valence-corrected chi connectivity index (χ3v) is 9.90. The monoisotopic (exact) mass is 626 g/mol. The number of benzene rings is 7. The highest BCUT2D eigenvalue weighted by Gasteiger charge is 2.23. The molecule has 5 heteroatoms. The summed E-state index contributed by atoms with van der Waals surface area (Å²) >= 11 is 0. The second-order valence-electron chi connectivity index (χ2n) is 12.6. The number of para-hydroxylation sites is 7. The highest BCUT2D eigenvalue weighted by Crippen LogP contribution is 2.42. The van der Waals surface area contributed by atoms with Crippen LogP contribution in [0.3, 0.4) is 0 Å². The number of aromatic nitrogens is 4. The molecule has 0 spiro atoms. The lowest BCUT2D eigenvalue weighted by Crippen LogP contribution is -2.04. The highest BCUT2D eigenvalue weighted by molar-refractivity contribution is 6.19. The van der Waals surface area contributed by atoms with Crippen molar-refractivity contribution in [1.82, 2.24) is 19.1 Å². The molecular weight excluding hydrogens is 601 g/mol. The molecule has 0 saturated carbocycles. The molecule has 7 aromatic carbocycles. The molecule has 0 aliphatic rings. The fourth-order valence-corrected chi connectivity index (χ4v) is 7.77. The van der Waals surface area contributed by atoms with Crippen LogP contribution >= 0.6 is 0 Å². The van der Waals surface area contributed by atoms with Crippen LogP contribution in [0.15, 0.2) is 162 Å². The zero-order valence-corrected chi connectivity index (χ0v) is 26.2. The van der Waals surface area contributed by atoms with E-state index in [9.17, 15) is 0 Å². The first-order chi connectivity index (χ1) is 24.3. The second-order valence-corrected chi connectivity index (χ2v) is 12.6. The summed E-state index contributed by atoms with van der Waals surface area (Å²) in [5.74, 6) is 0.768. The van der Waals surface area contributed by atoms with Crippen LogP contribution in [-0.4, -0.2) is 19.1 Å². The first-order valence-corrected chi connectivity index (χ1v) is 16.5.